The summed E-state index contributed by atoms with van der Waals surface area (Å²) in [4.78, 5) is 8.21. The Morgan fingerprint density at radius 2 is 2.25 bits per heavy atom. The van der Waals surface area contributed by atoms with E-state index in [0.717, 1.165) is 12.1 Å². The first-order valence-electron chi connectivity index (χ1n) is 3.80. The van der Waals surface area contributed by atoms with E-state index in [9.17, 15) is 0 Å². The number of nitrogen functional groups attached to an aromatic ring is 1. The molecule has 0 saturated heterocycles. The second-order valence-electron chi connectivity index (χ2n) is 2.63. The Morgan fingerprint density at radius 1 is 1.33 bits per heavy atom. The third-order valence-electron chi connectivity index (χ3n) is 1.77. The molecule has 1 aromatic rings. The van der Waals surface area contributed by atoms with Crippen molar-refractivity contribution in [3.05, 3.63) is 29.6 Å². The number of nitrogens with two attached hydrogens (primary N) is 1. The van der Waals surface area contributed by atoms with E-state index in [1.165, 1.54) is 5.56 Å². The summed E-state index contributed by atoms with van der Waals surface area (Å²) < 4.78 is 0. The Labute approximate surface area is 70.7 Å². The third-order valence-corrected chi connectivity index (χ3v) is 1.77. The van der Waals surface area contributed by atoms with E-state index in [0.29, 0.717) is 5.82 Å². The zero-order chi connectivity index (χ0) is 8.39. The van der Waals surface area contributed by atoms with Gasteiger partial charge in [-0.3, -0.25) is 4.99 Å². The molecular formula is C9H9N3. The molecule has 0 aromatic carbocycles. The normalized spacial score (nSPS) is 14.0. The minimum Gasteiger partial charge on any atom is -0.384 e. The lowest BCUT2D eigenvalue weighted by atomic mass is 10.1. The van der Waals surface area contributed by atoms with Gasteiger partial charge in [-0.25, -0.2) is 4.98 Å². The van der Waals surface area contributed by atoms with E-state index in [4.69, 9.17) is 5.73 Å². The number of nitrogens with zero attached hydrogens (tertiary/aromatic N) is 2. The maximum Gasteiger partial charge on any atom is 0.124 e. The predicted molar refractivity (Wildman–Crippen MR) is 49.9 cm³/mol. The molecule has 0 fully saturated rings. The summed E-state index contributed by atoms with van der Waals surface area (Å²) in [5.41, 5.74) is 7.64. The van der Waals surface area contributed by atoms with Crippen LogP contribution < -0.4 is 5.73 Å². The number of hydrogen-bond acceptors (Lipinski definition) is 3. The Bertz CT molecular complexity index is 353. The summed E-state index contributed by atoms with van der Waals surface area (Å²) in [6.45, 7) is 0. The quantitative estimate of drug-likeness (QED) is 0.619. The number of rotatable bonds is 0. The van der Waals surface area contributed by atoms with Gasteiger partial charge in [0.05, 0.1) is 5.69 Å². The van der Waals surface area contributed by atoms with Crippen LogP contribution in [0, 0.1) is 0 Å². The van der Waals surface area contributed by atoms with E-state index < -0.39 is 0 Å². The Kier molecular flexibility index (Phi) is 1.63. The smallest absolute Gasteiger partial charge is 0.124 e. The van der Waals surface area contributed by atoms with E-state index in [2.05, 4.69) is 9.98 Å². The van der Waals surface area contributed by atoms with Crippen molar-refractivity contribution in [2.75, 3.05) is 5.73 Å². The van der Waals surface area contributed by atoms with Crippen LogP contribution in [0.25, 0.3) is 6.08 Å². The van der Waals surface area contributed by atoms with Gasteiger partial charge in [0.2, 0.25) is 0 Å². The molecular weight excluding hydrogens is 150 g/mol. The van der Waals surface area contributed by atoms with Crippen LogP contribution in [0.2, 0.25) is 0 Å². The minimum absolute atomic E-state index is 0.556. The Morgan fingerprint density at radius 3 is 3.17 bits per heavy atom. The van der Waals surface area contributed by atoms with E-state index in [1.54, 1.807) is 6.20 Å². The monoisotopic (exact) mass is 159 g/mol. The largest absolute Gasteiger partial charge is 0.384 e. The molecule has 2 rings (SSSR count). The second kappa shape index (κ2) is 2.77. The first kappa shape index (κ1) is 7.03. The molecule has 0 spiro atoms. The van der Waals surface area contributed by atoms with Crippen LogP contribution in [-0.2, 0) is 6.42 Å². The van der Waals surface area contributed by atoms with Gasteiger partial charge >= 0.3 is 0 Å². The van der Waals surface area contributed by atoms with Gasteiger partial charge < -0.3 is 5.73 Å². The first-order valence-corrected chi connectivity index (χ1v) is 3.80. The van der Waals surface area contributed by atoms with Crippen molar-refractivity contribution in [3.8, 4) is 0 Å². The summed E-state index contributed by atoms with van der Waals surface area (Å²) >= 11 is 0. The Hall–Kier alpha value is -1.64. The van der Waals surface area contributed by atoms with Gasteiger partial charge in [0.1, 0.15) is 5.82 Å². The molecule has 0 radical (unpaired) electrons. The van der Waals surface area contributed by atoms with Gasteiger partial charge in [-0.15, -0.1) is 0 Å². The van der Waals surface area contributed by atoms with Gasteiger partial charge in [0.15, 0.2) is 0 Å². The average Bonchev–Trinajstić information content (AvgIpc) is 2.28. The topological polar surface area (TPSA) is 51.3 Å². The van der Waals surface area contributed by atoms with Crippen LogP contribution in [0.1, 0.15) is 11.3 Å². The van der Waals surface area contributed by atoms with Crippen molar-refractivity contribution in [1.29, 1.82) is 0 Å². The number of anilines is 1. The number of fused-ring (bicyclic) bond motifs is 1. The SMILES string of the molecule is Nc1ccc2c(n1)C=CN=CC2. The molecule has 0 amide bonds. The van der Waals surface area contributed by atoms with E-state index in [-0.39, 0.29) is 0 Å². The molecule has 12 heavy (non-hydrogen) atoms. The maximum absolute atomic E-state index is 5.55. The molecule has 0 unspecified atom stereocenters. The number of aromatic nitrogens is 1. The fraction of sp³-hybridized carbons (Fsp3) is 0.111. The standard InChI is InChI=1S/C9H9N3/c10-9-2-1-7-3-5-11-6-4-8(7)12-9/h1-2,4-6H,3H2,(H2,10,12). The molecule has 0 aliphatic carbocycles. The van der Waals surface area contributed by atoms with Crippen LogP contribution in [0.15, 0.2) is 23.3 Å². The molecule has 0 atom stereocenters. The highest BCUT2D eigenvalue weighted by atomic mass is 14.8. The number of pyridine rings is 1. The zero-order valence-corrected chi connectivity index (χ0v) is 6.57. The summed E-state index contributed by atoms with van der Waals surface area (Å²) in [6, 6.07) is 3.80. The Balaban J connectivity index is 2.53. The lowest BCUT2D eigenvalue weighted by Gasteiger charge is -2.00. The van der Waals surface area contributed by atoms with Crippen LogP contribution in [0.4, 0.5) is 5.82 Å². The highest BCUT2D eigenvalue weighted by Crippen LogP contribution is 2.12. The van der Waals surface area contributed by atoms with Crippen molar-refractivity contribution in [2.24, 2.45) is 4.99 Å². The highest BCUT2D eigenvalue weighted by Gasteiger charge is 2.01. The van der Waals surface area contributed by atoms with Gasteiger partial charge in [-0.2, -0.15) is 0 Å². The molecule has 2 N–H and O–H groups in total. The van der Waals surface area contributed by atoms with E-state index >= 15 is 0 Å². The summed E-state index contributed by atoms with van der Waals surface area (Å²) in [7, 11) is 0. The third kappa shape index (κ3) is 1.21. The molecule has 3 heteroatoms. The van der Waals surface area contributed by atoms with Crippen molar-refractivity contribution < 1.29 is 0 Å². The molecule has 60 valence electrons. The van der Waals surface area contributed by atoms with Gasteiger partial charge in [-0.05, 0) is 17.7 Å². The first-order chi connectivity index (χ1) is 5.86. The van der Waals surface area contributed by atoms with Crippen LogP contribution in [0.3, 0.4) is 0 Å². The zero-order valence-electron chi connectivity index (χ0n) is 6.57. The van der Waals surface area contributed by atoms with E-state index in [1.807, 2.05) is 24.4 Å². The van der Waals surface area contributed by atoms with Crippen molar-refractivity contribution in [1.82, 2.24) is 4.98 Å². The molecule has 2 heterocycles. The minimum atomic E-state index is 0.556. The lowest BCUT2D eigenvalue weighted by molar-refractivity contribution is 1.22. The molecule has 0 saturated carbocycles. The van der Waals surface area contributed by atoms with Crippen molar-refractivity contribution >= 4 is 18.1 Å². The predicted octanol–water partition coefficient (Wildman–Crippen LogP) is 1.26. The van der Waals surface area contributed by atoms with Crippen LogP contribution in [0.5, 0.6) is 0 Å². The molecule has 1 aliphatic heterocycles. The number of aliphatic imine (C=N–C) groups is 1. The van der Waals surface area contributed by atoms with Crippen molar-refractivity contribution in [3.63, 3.8) is 0 Å². The fourth-order valence-electron chi connectivity index (χ4n) is 1.16. The number of hydrogen-bond donors (Lipinski definition) is 1. The molecule has 3 nitrogen and oxygen atoms in total. The fourth-order valence-corrected chi connectivity index (χ4v) is 1.16. The summed E-state index contributed by atoms with van der Waals surface area (Å²) in [5.74, 6) is 0.556. The second-order valence-corrected chi connectivity index (χ2v) is 2.63. The van der Waals surface area contributed by atoms with Gasteiger partial charge in [0, 0.05) is 18.8 Å². The van der Waals surface area contributed by atoms with Crippen LogP contribution in [-0.4, -0.2) is 11.2 Å². The van der Waals surface area contributed by atoms with Crippen molar-refractivity contribution in [2.45, 2.75) is 6.42 Å². The summed E-state index contributed by atoms with van der Waals surface area (Å²) in [5, 5.41) is 0. The van der Waals surface area contributed by atoms with Gasteiger partial charge in [-0.1, -0.05) is 6.07 Å². The van der Waals surface area contributed by atoms with Gasteiger partial charge in [0.25, 0.3) is 0 Å². The molecule has 1 aliphatic rings. The highest BCUT2D eigenvalue weighted by molar-refractivity contribution is 5.69. The van der Waals surface area contributed by atoms with Crippen LogP contribution >= 0.6 is 0 Å². The average molecular weight is 159 g/mol. The maximum atomic E-state index is 5.55. The lowest BCUT2D eigenvalue weighted by Crippen LogP contribution is -1.96. The summed E-state index contributed by atoms with van der Waals surface area (Å²) in [6.07, 6.45) is 6.29. The molecule has 1 aromatic heterocycles. The molecule has 0 bridgehead atoms.